The Kier molecular flexibility index (Phi) is 5.66. The second-order valence-corrected chi connectivity index (χ2v) is 5.73. The lowest BCUT2D eigenvalue weighted by molar-refractivity contribution is -0.131. The molecule has 0 spiro atoms. The number of carbonyl (C=O) groups is 1. The largest absolute Gasteiger partial charge is 0.493 e. The minimum atomic E-state index is 0.153. The monoisotopic (exact) mass is 306 g/mol. The topological polar surface area (TPSA) is 50.8 Å². The highest BCUT2D eigenvalue weighted by Gasteiger charge is 2.22. The number of benzene rings is 1. The Labute approximate surface area is 132 Å². The third-order valence-electron chi connectivity index (χ3n) is 4.28. The van der Waals surface area contributed by atoms with Crippen LogP contribution in [-0.2, 0) is 17.8 Å². The number of nitrogens with one attached hydrogen (secondary N) is 1. The summed E-state index contributed by atoms with van der Waals surface area (Å²) >= 11 is 0. The maximum atomic E-state index is 12.3. The van der Waals surface area contributed by atoms with Gasteiger partial charge in [0.25, 0.3) is 0 Å². The summed E-state index contributed by atoms with van der Waals surface area (Å²) in [6.45, 7) is 5.99. The summed E-state index contributed by atoms with van der Waals surface area (Å²) in [5, 5.41) is 3.26. The normalized spacial score (nSPS) is 15.2. The van der Waals surface area contributed by atoms with Crippen LogP contribution in [0.5, 0.6) is 11.5 Å². The summed E-state index contributed by atoms with van der Waals surface area (Å²) in [6.07, 6.45) is 1.87. The number of hydrogen-bond acceptors (Lipinski definition) is 4. The standard InChI is InChI=1S/C17H26N2O3/c1-5-12(2)18-10-17(20)19-7-6-13-8-15(21-3)16(22-4)9-14(13)11-19/h8-9,12,18H,5-7,10-11H2,1-4H3. The van der Waals surface area contributed by atoms with Gasteiger partial charge in [-0.2, -0.15) is 0 Å². The van der Waals surface area contributed by atoms with Crippen LogP contribution in [0.3, 0.4) is 0 Å². The van der Waals surface area contributed by atoms with E-state index < -0.39 is 0 Å². The lowest BCUT2D eigenvalue weighted by Gasteiger charge is -2.30. The van der Waals surface area contributed by atoms with Crippen molar-refractivity contribution in [3.05, 3.63) is 23.3 Å². The van der Waals surface area contributed by atoms with E-state index in [0.717, 1.165) is 30.7 Å². The lowest BCUT2D eigenvalue weighted by Crippen LogP contribution is -2.43. The number of amides is 1. The van der Waals surface area contributed by atoms with Gasteiger partial charge in [0.1, 0.15) is 0 Å². The fraction of sp³-hybridized carbons (Fsp3) is 0.588. The molecule has 0 saturated carbocycles. The fourth-order valence-electron chi connectivity index (χ4n) is 2.61. The molecule has 22 heavy (non-hydrogen) atoms. The highest BCUT2D eigenvalue weighted by Crippen LogP contribution is 2.33. The first kappa shape index (κ1) is 16.6. The number of nitrogens with zero attached hydrogens (tertiary/aromatic N) is 1. The molecular weight excluding hydrogens is 280 g/mol. The first-order valence-corrected chi connectivity index (χ1v) is 7.84. The van der Waals surface area contributed by atoms with E-state index in [1.165, 1.54) is 5.56 Å². The number of carbonyl (C=O) groups excluding carboxylic acids is 1. The summed E-state index contributed by atoms with van der Waals surface area (Å²) in [6, 6.07) is 4.37. The molecule has 0 aliphatic carbocycles. The van der Waals surface area contributed by atoms with Gasteiger partial charge >= 0.3 is 0 Å². The van der Waals surface area contributed by atoms with Crippen molar-refractivity contribution in [2.24, 2.45) is 0 Å². The fourth-order valence-corrected chi connectivity index (χ4v) is 2.61. The van der Waals surface area contributed by atoms with E-state index in [4.69, 9.17) is 9.47 Å². The Morgan fingerprint density at radius 1 is 1.27 bits per heavy atom. The predicted molar refractivity (Wildman–Crippen MR) is 86.4 cm³/mol. The number of fused-ring (bicyclic) bond motifs is 1. The highest BCUT2D eigenvalue weighted by atomic mass is 16.5. The van der Waals surface area contributed by atoms with E-state index in [9.17, 15) is 4.79 Å². The van der Waals surface area contributed by atoms with Gasteiger partial charge in [-0.25, -0.2) is 0 Å². The zero-order chi connectivity index (χ0) is 16.1. The molecule has 0 fully saturated rings. The van der Waals surface area contributed by atoms with E-state index in [1.807, 2.05) is 17.0 Å². The van der Waals surface area contributed by atoms with Crippen LogP contribution < -0.4 is 14.8 Å². The van der Waals surface area contributed by atoms with E-state index >= 15 is 0 Å². The molecule has 5 nitrogen and oxygen atoms in total. The van der Waals surface area contributed by atoms with Gasteiger partial charge < -0.3 is 19.7 Å². The maximum absolute atomic E-state index is 12.3. The average molecular weight is 306 g/mol. The molecule has 1 aliphatic heterocycles. The summed E-state index contributed by atoms with van der Waals surface area (Å²) in [5.74, 6) is 1.62. The van der Waals surface area contributed by atoms with Gasteiger partial charge in [-0.05, 0) is 43.0 Å². The molecule has 1 aliphatic rings. The highest BCUT2D eigenvalue weighted by molar-refractivity contribution is 5.78. The van der Waals surface area contributed by atoms with Crippen molar-refractivity contribution in [2.45, 2.75) is 39.3 Å². The molecule has 0 saturated heterocycles. The van der Waals surface area contributed by atoms with Crippen LogP contribution in [0.1, 0.15) is 31.4 Å². The first-order chi connectivity index (χ1) is 10.6. The van der Waals surface area contributed by atoms with Gasteiger partial charge in [0.2, 0.25) is 5.91 Å². The van der Waals surface area contributed by atoms with Crippen LogP contribution in [0.15, 0.2) is 12.1 Å². The van der Waals surface area contributed by atoms with Crippen molar-refractivity contribution in [1.82, 2.24) is 10.2 Å². The van der Waals surface area contributed by atoms with Gasteiger partial charge in [-0.15, -0.1) is 0 Å². The van der Waals surface area contributed by atoms with Crippen LogP contribution in [0.2, 0.25) is 0 Å². The SMILES string of the molecule is CCC(C)NCC(=O)N1CCc2cc(OC)c(OC)cc2C1. The quantitative estimate of drug-likeness (QED) is 0.873. The van der Waals surface area contributed by atoms with Crippen LogP contribution in [0.4, 0.5) is 0 Å². The Morgan fingerprint density at radius 2 is 1.91 bits per heavy atom. The summed E-state index contributed by atoms with van der Waals surface area (Å²) < 4.78 is 10.7. The van der Waals surface area contributed by atoms with Gasteiger partial charge in [-0.3, -0.25) is 4.79 Å². The van der Waals surface area contributed by atoms with E-state index in [-0.39, 0.29) is 5.91 Å². The molecule has 0 radical (unpaired) electrons. The van der Waals surface area contributed by atoms with Gasteiger partial charge in [0, 0.05) is 19.1 Å². The Balaban J connectivity index is 2.06. The number of ether oxygens (including phenoxy) is 2. The van der Waals surface area contributed by atoms with Crippen LogP contribution >= 0.6 is 0 Å². The molecule has 5 heteroatoms. The molecule has 1 atom stereocenters. The first-order valence-electron chi connectivity index (χ1n) is 7.84. The minimum absolute atomic E-state index is 0.153. The van der Waals surface area contributed by atoms with Crippen LogP contribution in [-0.4, -0.2) is 44.2 Å². The summed E-state index contributed by atoms with van der Waals surface area (Å²) in [7, 11) is 3.27. The summed E-state index contributed by atoms with van der Waals surface area (Å²) in [4.78, 5) is 14.2. The molecule has 122 valence electrons. The predicted octanol–water partition coefficient (Wildman–Crippen LogP) is 1.98. The van der Waals surface area contributed by atoms with Crippen molar-refractivity contribution in [1.29, 1.82) is 0 Å². The lowest BCUT2D eigenvalue weighted by atomic mass is 9.98. The maximum Gasteiger partial charge on any atom is 0.236 e. The molecule has 0 bridgehead atoms. The Morgan fingerprint density at radius 3 is 2.50 bits per heavy atom. The van der Waals surface area contributed by atoms with Crippen molar-refractivity contribution < 1.29 is 14.3 Å². The van der Waals surface area contributed by atoms with Gasteiger partial charge in [0.15, 0.2) is 11.5 Å². The molecule has 1 aromatic carbocycles. The molecule has 1 amide bonds. The molecule has 1 heterocycles. The van der Waals surface area contributed by atoms with Crippen LogP contribution in [0.25, 0.3) is 0 Å². The third-order valence-corrected chi connectivity index (χ3v) is 4.28. The van der Waals surface area contributed by atoms with E-state index in [2.05, 4.69) is 19.2 Å². The summed E-state index contributed by atoms with van der Waals surface area (Å²) in [5.41, 5.74) is 2.37. The Bertz CT molecular complexity index is 531. The van der Waals surface area contributed by atoms with Crippen LogP contribution in [0, 0.1) is 0 Å². The Hall–Kier alpha value is -1.75. The van der Waals surface area contributed by atoms with E-state index in [1.54, 1.807) is 14.2 Å². The molecule has 1 unspecified atom stereocenters. The molecule has 0 aromatic heterocycles. The zero-order valence-corrected chi connectivity index (χ0v) is 13.9. The van der Waals surface area contributed by atoms with Crippen molar-refractivity contribution in [2.75, 3.05) is 27.3 Å². The molecule has 1 aromatic rings. The number of rotatable bonds is 6. The minimum Gasteiger partial charge on any atom is -0.493 e. The van der Waals surface area contributed by atoms with Crippen molar-refractivity contribution >= 4 is 5.91 Å². The molecule has 1 N–H and O–H groups in total. The molecule has 2 rings (SSSR count). The third kappa shape index (κ3) is 3.71. The second kappa shape index (κ2) is 7.49. The van der Waals surface area contributed by atoms with Gasteiger partial charge in [0.05, 0.1) is 20.8 Å². The van der Waals surface area contributed by atoms with Crippen molar-refractivity contribution in [3.63, 3.8) is 0 Å². The second-order valence-electron chi connectivity index (χ2n) is 5.73. The van der Waals surface area contributed by atoms with Gasteiger partial charge in [-0.1, -0.05) is 6.92 Å². The number of hydrogen-bond donors (Lipinski definition) is 1. The van der Waals surface area contributed by atoms with E-state index in [0.29, 0.717) is 24.9 Å². The smallest absolute Gasteiger partial charge is 0.236 e. The molecular formula is C17H26N2O3. The van der Waals surface area contributed by atoms with Crippen molar-refractivity contribution in [3.8, 4) is 11.5 Å². The zero-order valence-electron chi connectivity index (χ0n) is 13.9. The number of methoxy groups -OCH3 is 2. The average Bonchev–Trinajstić information content (AvgIpc) is 2.57.